The van der Waals surface area contributed by atoms with Crippen LogP contribution in [-0.4, -0.2) is 66.8 Å². The van der Waals surface area contributed by atoms with Crippen molar-refractivity contribution in [1.82, 2.24) is 10.2 Å². The lowest BCUT2D eigenvalue weighted by molar-refractivity contribution is -0.154. The summed E-state index contributed by atoms with van der Waals surface area (Å²) in [6, 6.07) is 10.1. The number of aliphatic carboxylic acids is 1. The highest BCUT2D eigenvalue weighted by atomic mass is 32.2. The molecule has 0 aromatic heterocycles. The van der Waals surface area contributed by atoms with Crippen molar-refractivity contribution >= 4 is 29.5 Å². The van der Waals surface area contributed by atoms with Gasteiger partial charge < -0.3 is 25.5 Å². The van der Waals surface area contributed by atoms with E-state index in [9.17, 15) is 29.7 Å². The molecule has 182 valence electrons. The van der Waals surface area contributed by atoms with Crippen molar-refractivity contribution < 1.29 is 29.7 Å². The minimum atomic E-state index is -1.67. The number of carboxylic acid groups (broad SMARTS) is 1. The van der Waals surface area contributed by atoms with Crippen LogP contribution in [0.4, 0.5) is 0 Å². The number of carbonyl (C=O) groups excluding carboxylic acids is 2. The molecule has 34 heavy (non-hydrogen) atoms. The molecule has 0 aliphatic carbocycles. The molecule has 1 aliphatic rings. The number of aryl methyl sites for hydroxylation is 1. The largest absolute Gasteiger partial charge is 0.507 e. The third-order valence-corrected chi connectivity index (χ3v) is 7.56. The molecule has 3 atom stereocenters. The van der Waals surface area contributed by atoms with E-state index in [0.717, 1.165) is 10.5 Å². The molecular formula is C25H30N2O6S. The average molecular weight is 487 g/mol. The third-order valence-electron chi connectivity index (χ3n) is 6.19. The molecule has 0 bridgehead atoms. The van der Waals surface area contributed by atoms with Crippen LogP contribution in [0.15, 0.2) is 42.5 Å². The van der Waals surface area contributed by atoms with Crippen molar-refractivity contribution in [3.63, 3.8) is 0 Å². The number of carboxylic acids is 1. The smallest absolute Gasteiger partial charge is 0.327 e. The van der Waals surface area contributed by atoms with Gasteiger partial charge in [0.15, 0.2) is 6.10 Å². The Morgan fingerprint density at radius 2 is 1.79 bits per heavy atom. The van der Waals surface area contributed by atoms with Gasteiger partial charge in [-0.25, -0.2) is 4.79 Å². The molecule has 1 heterocycles. The van der Waals surface area contributed by atoms with Gasteiger partial charge in [0, 0.05) is 15.9 Å². The van der Waals surface area contributed by atoms with Gasteiger partial charge in [-0.3, -0.25) is 9.59 Å². The van der Waals surface area contributed by atoms with Crippen molar-refractivity contribution in [1.29, 1.82) is 0 Å². The highest BCUT2D eigenvalue weighted by Gasteiger charge is 2.50. The fourth-order valence-corrected chi connectivity index (χ4v) is 5.30. The minimum Gasteiger partial charge on any atom is -0.507 e. The molecule has 0 saturated carbocycles. The lowest BCUT2D eigenvalue weighted by Gasteiger charge is -2.31. The van der Waals surface area contributed by atoms with Crippen LogP contribution in [0.5, 0.6) is 5.75 Å². The van der Waals surface area contributed by atoms with Gasteiger partial charge in [-0.05, 0) is 51.3 Å². The summed E-state index contributed by atoms with van der Waals surface area (Å²) >= 11 is 1.32. The Balaban J connectivity index is 1.90. The number of thioether (sulfide) groups is 1. The summed E-state index contributed by atoms with van der Waals surface area (Å²) in [5.74, 6) is -2.33. The summed E-state index contributed by atoms with van der Waals surface area (Å²) in [7, 11) is 0. The van der Waals surface area contributed by atoms with E-state index in [2.05, 4.69) is 5.32 Å². The van der Waals surface area contributed by atoms with Gasteiger partial charge in [-0.15, -0.1) is 11.8 Å². The fourth-order valence-electron chi connectivity index (χ4n) is 4.17. The number of nitrogens with zero attached hydrogens (tertiary/aromatic N) is 1. The van der Waals surface area contributed by atoms with E-state index in [1.807, 2.05) is 30.3 Å². The second-order valence-corrected chi connectivity index (χ2v) is 10.6. The SMILES string of the molecule is Cc1ccc(C(=O)N[C@@H](Cc2ccccc2)[C@H](O)C(=O)N2CSC(C)(C)[C@H]2C(=O)O)c(C)c1O. The number of aliphatic hydroxyl groups is 1. The Labute approximate surface area is 203 Å². The lowest BCUT2D eigenvalue weighted by Crippen LogP contribution is -2.57. The third kappa shape index (κ3) is 5.20. The van der Waals surface area contributed by atoms with E-state index < -0.39 is 40.7 Å². The summed E-state index contributed by atoms with van der Waals surface area (Å²) < 4.78 is -0.726. The molecule has 1 saturated heterocycles. The van der Waals surface area contributed by atoms with Gasteiger partial charge in [0.1, 0.15) is 11.8 Å². The van der Waals surface area contributed by atoms with Crippen LogP contribution < -0.4 is 5.32 Å². The molecule has 9 heteroatoms. The van der Waals surface area contributed by atoms with Crippen LogP contribution in [-0.2, 0) is 16.0 Å². The Morgan fingerprint density at radius 1 is 1.15 bits per heavy atom. The van der Waals surface area contributed by atoms with Gasteiger partial charge in [-0.1, -0.05) is 36.4 Å². The maximum Gasteiger partial charge on any atom is 0.327 e. The number of aromatic hydroxyl groups is 1. The number of hydrogen-bond donors (Lipinski definition) is 4. The number of carbonyl (C=O) groups is 3. The topological polar surface area (TPSA) is 127 Å². The first-order valence-electron chi connectivity index (χ1n) is 10.9. The van der Waals surface area contributed by atoms with E-state index in [1.165, 1.54) is 11.8 Å². The fraction of sp³-hybridized carbons (Fsp3) is 0.400. The van der Waals surface area contributed by atoms with E-state index in [-0.39, 0.29) is 23.6 Å². The Bertz CT molecular complexity index is 1090. The van der Waals surface area contributed by atoms with Gasteiger partial charge in [0.05, 0.1) is 11.9 Å². The number of amides is 2. The zero-order chi connectivity index (χ0) is 25.2. The molecule has 1 fully saturated rings. The molecule has 8 nitrogen and oxygen atoms in total. The van der Waals surface area contributed by atoms with Gasteiger partial charge in [0.2, 0.25) is 0 Å². The van der Waals surface area contributed by atoms with E-state index in [1.54, 1.807) is 39.8 Å². The molecule has 0 unspecified atom stereocenters. The maximum absolute atomic E-state index is 13.3. The number of aliphatic hydroxyl groups excluding tert-OH is 1. The first kappa shape index (κ1) is 25.6. The number of phenols is 1. The molecule has 2 aromatic rings. The Kier molecular flexibility index (Phi) is 7.57. The van der Waals surface area contributed by atoms with Gasteiger partial charge in [-0.2, -0.15) is 0 Å². The minimum absolute atomic E-state index is 0.00417. The number of benzene rings is 2. The predicted octanol–water partition coefficient (Wildman–Crippen LogP) is 2.48. The van der Waals surface area contributed by atoms with Crippen LogP contribution in [0.3, 0.4) is 0 Å². The molecular weight excluding hydrogens is 456 g/mol. The van der Waals surface area contributed by atoms with Crippen LogP contribution >= 0.6 is 11.8 Å². The van der Waals surface area contributed by atoms with Crippen molar-refractivity contribution in [2.24, 2.45) is 0 Å². The van der Waals surface area contributed by atoms with Crippen molar-refractivity contribution in [2.45, 2.75) is 57.1 Å². The standard InChI is InChI=1S/C25H30N2O6S/c1-14-10-11-17(15(2)19(14)28)22(30)26-18(12-16-8-6-5-7-9-16)20(29)23(31)27-13-34-25(3,4)21(27)24(32)33/h5-11,18,20-21,28-29H,12-13H2,1-4H3,(H,26,30)(H,32,33)/t18-,20-,21+/m0/s1. The summed E-state index contributed by atoms with van der Waals surface area (Å²) in [5, 5.41) is 33.8. The quantitative estimate of drug-likeness (QED) is 0.473. The Morgan fingerprint density at radius 3 is 2.41 bits per heavy atom. The van der Waals surface area contributed by atoms with Crippen LogP contribution in [0, 0.1) is 13.8 Å². The lowest BCUT2D eigenvalue weighted by atomic mass is 9.97. The summed E-state index contributed by atoms with van der Waals surface area (Å²) in [6.45, 7) is 6.82. The molecule has 2 amide bonds. The molecule has 4 N–H and O–H groups in total. The maximum atomic E-state index is 13.3. The predicted molar refractivity (Wildman–Crippen MR) is 130 cm³/mol. The normalized spacial score (nSPS) is 18.9. The highest BCUT2D eigenvalue weighted by Crippen LogP contribution is 2.39. The number of rotatable bonds is 7. The van der Waals surface area contributed by atoms with Crippen molar-refractivity contribution in [3.8, 4) is 5.75 Å². The monoisotopic (exact) mass is 486 g/mol. The van der Waals surface area contributed by atoms with Crippen molar-refractivity contribution in [3.05, 3.63) is 64.7 Å². The molecule has 0 spiro atoms. The van der Waals surface area contributed by atoms with Crippen molar-refractivity contribution in [2.75, 3.05) is 5.88 Å². The number of nitrogens with one attached hydrogen (secondary N) is 1. The van der Waals surface area contributed by atoms with Crippen LogP contribution in [0.1, 0.15) is 40.9 Å². The first-order chi connectivity index (χ1) is 15.9. The van der Waals surface area contributed by atoms with E-state index in [4.69, 9.17) is 0 Å². The van der Waals surface area contributed by atoms with E-state index >= 15 is 0 Å². The van der Waals surface area contributed by atoms with E-state index in [0.29, 0.717) is 11.1 Å². The first-order valence-corrected chi connectivity index (χ1v) is 11.9. The highest BCUT2D eigenvalue weighted by molar-refractivity contribution is 8.00. The van der Waals surface area contributed by atoms with Gasteiger partial charge >= 0.3 is 5.97 Å². The van der Waals surface area contributed by atoms with Gasteiger partial charge in [0.25, 0.3) is 11.8 Å². The summed E-state index contributed by atoms with van der Waals surface area (Å²) in [4.78, 5) is 39.4. The molecule has 2 aromatic carbocycles. The number of phenolic OH excluding ortho intramolecular Hbond substituents is 1. The average Bonchev–Trinajstić information content (AvgIpc) is 3.11. The van der Waals surface area contributed by atoms with Crippen LogP contribution in [0.2, 0.25) is 0 Å². The zero-order valence-corrected chi connectivity index (χ0v) is 20.4. The van der Waals surface area contributed by atoms with Crippen LogP contribution in [0.25, 0.3) is 0 Å². The zero-order valence-electron chi connectivity index (χ0n) is 19.6. The molecule has 3 rings (SSSR count). The summed E-state index contributed by atoms with van der Waals surface area (Å²) in [5.41, 5.74) is 2.02. The second kappa shape index (κ2) is 10.1. The molecule has 0 radical (unpaired) electrons. The summed E-state index contributed by atoms with van der Waals surface area (Å²) in [6.07, 6.45) is -1.52. The number of hydrogen-bond acceptors (Lipinski definition) is 6. The molecule has 1 aliphatic heterocycles. The second-order valence-electron chi connectivity index (χ2n) is 9.04. The Hall–Kier alpha value is -3.04.